The molecule has 2 rings (SSSR count). The van der Waals surface area contributed by atoms with Crippen molar-refractivity contribution in [2.24, 2.45) is 0 Å². The van der Waals surface area contributed by atoms with Crippen LogP contribution in [0.5, 0.6) is 0 Å². The summed E-state index contributed by atoms with van der Waals surface area (Å²) in [7, 11) is 0. The molecule has 1 unspecified atom stereocenters. The Labute approximate surface area is 149 Å². The number of amides is 2. The second-order valence-corrected chi connectivity index (χ2v) is 6.59. The number of nitrogens with one attached hydrogen (secondary N) is 2. The first kappa shape index (κ1) is 18.7. The van der Waals surface area contributed by atoms with Gasteiger partial charge in [-0.1, -0.05) is 18.2 Å². The fraction of sp³-hybridized carbons (Fsp3) is 0.278. The molecule has 0 aliphatic rings. The minimum absolute atomic E-state index is 0.0743. The van der Waals surface area contributed by atoms with Crippen LogP contribution in [-0.4, -0.2) is 22.9 Å². The van der Waals surface area contributed by atoms with E-state index in [1.807, 2.05) is 17.5 Å². The summed E-state index contributed by atoms with van der Waals surface area (Å²) in [6, 6.07) is 10.5. The normalized spacial score (nSPS) is 11.6. The number of carbonyl (C=O) groups excluding carboxylic acids is 2. The van der Waals surface area contributed by atoms with Crippen LogP contribution in [0.4, 0.5) is 5.69 Å². The lowest BCUT2D eigenvalue weighted by atomic mass is 10.1. The van der Waals surface area contributed by atoms with Crippen molar-refractivity contribution in [3.63, 3.8) is 0 Å². The van der Waals surface area contributed by atoms with Crippen molar-refractivity contribution in [3.05, 3.63) is 52.2 Å². The lowest BCUT2D eigenvalue weighted by Gasteiger charge is -2.16. The van der Waals surface area contributed by atoms with Gasteiger partial charge in [-0.3, -0.25) is 14.4 Å². The molecule has 0 aliphatic carbocycles. The molecular weight excluding hydrogens is 340 g/mol. The van der Waals surface area contributed by atoms with Crippen LogP contribution in [0.3, 0.4) is 0 Å². The van der Waals surface area contributed by atoms with Crippen LogP contribution in [0.1, 0.15) is 36.2 Å². The molecule has 2 amide bonds. The van der Waals surface area contributed by atoms with Crippen molar-refractivity contribution in [3.8, 4) is 0 Å². The van der Waals surface area contributed by atoms with Gasteiger partial charge in [0.15, 0.2) is 0 Å². The standard InChI is InChI=1S/C18H20N2O4S/c1-12(21)19-15(16-3-2-10-25-16)11-17(22)20-14-7-4-13(5-8-14)6-9-18(23)24/h2-5,7-8,10,15H,6,9,11H2,1H3,(H,19,21)(H,20,22)(H,23,24). The summed E-state index contributed by atoms with van der Waals surface area (Å²) >= 11 is 1.49. The molecule has 1 aromatic carbocycles. The van der Waals surface area contributed by atoms with Crippen molar-refractivity contribution < 1.29 is 19.5 Å². The largest absolute Gasteiger partial charge is 0.481 e. The Balaban J connectivity index is 1.93. The maximum absolute atomic E-state index is 12.3. The van der Waals surface area contributed by atoms with E-state index in [2.05, 4.69) is 10.6 Å². The van der Waals surface area contributed by atoms with Gasteiger partial charge in [-0.2, -0.15) is 0 Å². The number of hydrogen-bond donors (Lipinski definition) is 3. The third-order valence-electron chi connectivity index (χ3n) is 3.52. The highest BCUT2D eigenvalue weighted by Crippen LogP contribution is 2.23. The van der Waals surface area contributed by atoms with Crippen molar-refractivity contribution in [1.82, 2.24) is 5.32 Å². The highest BCUT2D eigenvalue weighted by molar-refractivity contribution is 7.10. The Hall–Kier alpha value is -2.67. The molecule has 3 N–H and O–H groups in total. The van der Waals surface area contributed by atoms with Crippen LogP contribution < -0.4 is 10.6 Å². The number of aryl methyl sites for hydroxylation is 1. The first-order valence-electron chi connectivity index (χ1n) is 7.85. The average Bonchev–Trinajstić information content (AvgIpc) is 3.07. The first-order valence-corrected chi connectivity index (χ1v) is 8.73. The van der Waals surface area contributed by atoms with Gasteiger partial charge in [-0.15, -0.1) is 11.3 Å². The molecule has 2 aromatic rings. The SMILES string of the molecule is CC(=O)NC(CC(=O)Nc1ccc(CCC(=O)O)cc1)c1cccs1. The van der Waals surface area contributed by atoms with Crippen LogP contribution in [0.25, 0.3) is 0 Å². The minimum atomic E-state index is -0.838. The Morgan fingerprint density at radius 3 is 2.44 bits per heavy atom. The van der Waals surface area contributed by atoms with Gasteiger partial charge in [-0.25, -0.2) is 0 Å². The Morgan fingerprint density at radius 1 is 1.16 bits per heavy atom. The van der Waals surface area contributed by atoms with E-state index in [1.165, 1.54) is 18.3 Å². The van der Waals surface area contributed by atoms with Crippen LogP contribution in [0.2, 0.25) is 0 Å². The first-order chi connectivity index (χ1) is 11.9. The molecule has 1 heterocycles. The summed E-state index contributed by atoms with van der Waals surface area (Å²) in [6.45, 7) is 1.42. The molecule has 0 bridgehead atoms. The van der Waals surface area contributed by atoms with E-state index in [4.69, 9.17) is 5.11 Å². The van der Waals surface area contributed by atoms with Crippen LogP contribution in [-0.2, 0) is 20.8 Å². The van der Waals surface area contributed by atoms with Gasteiger partial charge < -0.3 is 15.7 Å². The highest BCUT2D eigenvalue weighted by Gasteiger charge is 2.18. The summed E-state index contributed by atoms with van der Waals surface area (Å²) in [5.41, 5.74) is 1.53. The van der Waals surface area contributed by atoms with E-state index in [-0.39, 0.29) is 30.7 Å². The quantitative estimate of drug-likeness (QED) is 0.674. The number of hydrogen-bond acceptors (Lipinski definition) is 4. The van der Waals surface area contributed by atoms with Crippen molar-refractivity contribution >= 4 is 34.8 Å². The number of thiophene rings is 1. The second kappa shape index (κ2) is 8.98. The van der Waals surface area contributed by atoms with Crippen molar-refractivity contribution in [1.29, 1.82) is 0 Å². The van der Waals surface area contributed by atoms with Gasteiger partial charge in [0.1, 0.15) is 0 Å². The number of aliphatic carboxylic acids is 1. The molecule has 25 heavy (non-hydrogen) atoms. The third kappa shape index (κ3) is 6.39. The number of anilines is 1. The second-order valence-electron chi connectivity index (χ2n) is 5.61. The summed E-state index contributed by atoms with van der Waals surface area (Å²) in [5, 5.41) is 16.2. The smallest absolute Gasteiger partial charge is 0.303 e. The molecule has 0 fully saturated rings. The summed E-state index contributed by atoms with van der Waals surface area (Å²) in [4.78, 5) is 35.1. The third-order valence-corrected chi connectivity index (χ3v) is 4.50. The van der Waals surface area contributed by atoms with E-state index < -0.39 is 5.97 Å². The summed E-state index contributed by atoms with van der Waals surface area (Å²) in [5.74, 6) is -1.23. The molecule has 0 saturated carbocycles. The molecule has 0 aliphatic heterocycles. The highest BCUT2D eigenvalue weighted by atomic mass is 32.1. The van der Waals surface area contributed by atoms with Gasteiger partial charge >= 0.3 is 5.97 Å². The summed E-state index contributed by atoms with van der Waals surface area (Å²) < 4.78 is 0. The lowest BCUT2D eigenvalue weighted by Crippen LogP contribution is -2.29. The number of rotatable bonds is 8. The van der Waals surface area contributed by atoms with E-state index in [1.54, 1.807) is 24.3 Å². The van der Waals surface area contributed by atoms with Gasteiger partial charge in [0.05, 0.1) is 12.5 Å². The monoisotopic (exact) mass is 360 g/mol. The molecule has 1 atom stereocenters. The number of carboxylic acids is 1. The lowest BCUT2D eigenvalue weighted by molar-refractivity contribution is -0.137. The molecule has 0 radical (unpaired) electrons. The Bertz CT molecular complexity index is 726. The fourth-order valence-corrected chi connectivity index (χ4v) is 3.14. The van der Waals surface area contributed by atoms with E-state index in [9.17, 15) is 14.4 Å². The van der Waals surface area contributed by atoms with Crippen molar-refractivity contribution in [2.75, 3.05) is 5.32 Å². The van der Waals surface area contributed by atoms with Crippen LogP contribution in [0.15, 0.2) is 41.8 Å². The predicted octanol–water partition coefficient (Wildman–Crippen LogP) is 2.97. The molecule has 0 saturated heterocycles. The fourth-order valence-electron chi connectivity index (χ4n) is 2.36. The maximum Gasteiger partial charge on any atom is 0.303 e. The topological polar surface area (TPSA) is 95.5 Å². The van der Waals surface area contributed by atoms with Gasteiger partial charge in [0, 0.05) is 23.9 Å². The zero-order chi connectivity index (χ0) is 18.2. The number of benzene rings is 1. The molecule has 6 nitrogen and oxygen atoms in total. The average molecular weight is 360 g/mol. The van der Waals surface area contributed by atoms with Gasteiger partial charge in [-0.05, 0) is 35.6 Å². The summed E-state index contributed by atoms with van der Waals surface area (Å²) in [6.07, 6.45) is 0.665. The van der Waals surface area contributed by atoms with Crippen LogP contribution in [0, 0.1) is 0 Å². The molecule has 1 aromatic heterocycles. The van der Waals surface area contributed by atoms with Gasteiger partial charge in [0.25, 0.3) is 0 Å². The molecule has 132 valence electrons. The Kier molecular flexibility index (Phi) is 6.71. The van der Waals surface area contributed by atoms with Crippen LogP contribution >= 0.6 is 11.3 Å². The zero-order valence-corrected chi connectivity index (χ0v) is 14.6. The number of carbonyl (C=O) groups is 3. The zero-order valence-electron chi connectivity index (χ0n) is 13.8. The maximum atomic E-state index is 12.3. The predicted molar refractivity (Wildman–Crippen MR) is 96.5 cm³/mol. The molecule has 7 heteroatoms. The van der Waals surface area contributed by atoms with E-state index in [0.29, 0.717) is 12.1 Å². The van der Waals surface area contributed by atoms with Gasteiger partial charge in [0.2, 0.25) is 11.8 Å². The minimum Gasteiger partial charge on any atom is -0.481 e. The number of carboxylic acid groups (broad SMARTS) is 1. The molecular formula is C18H20N2O4S. The van der Waals surface area contributed by atoms with E-state index in [0.717, 1.165) is 10.4 Å². The molecule has 0 spiro atoms. The van der Waals surface area contributed by atoms with E-state index >= 15 is 0 Å². The Morgan fingerprint density at radius 2 is 1.88 bits per heavy atom. The van der Waals surface area contributed by atoms with Crippen molar-refractivity contribution in [2.45, 2.75) is 32.2 Å².